The molecule has 0 aromatic carbocycles. The van der Waals surface area contributed by atoms with Crippen molar-refractivity contribution in [2.45, 2.75) is 62.4 Å². The van der Waals surface area contributed by atoms with Crippen molar-refractivity contribution in [3.05, 3.63) is 23.5 Å². The Hall–Kier alpha value is -0.760. The van der Waals surface area contributed by atoms with E-state index in [0.29, 0.717) is 23.2 Å². The fourth-order valence-corrected chi connectivity index (χ4v) is 5.62. The van der Waals surface area contributed by atoms with Gasteiger partial charge in [-0.3, -0.25) is 4.98 Å². The van der Waals surface area contributed by atoms with Crippen molar-refractivity contribution in [1.82, 2.24) is 14.6 Å². The Labute approximate surface area is 158 Å². The molecule has 4 nitrogen and oxygen atoms in total. The Morgan fingerprint density at radius 2 is 1.92 bits per heavy atom. The number of nitrogens with zero attached hydrogens (tertiary/aromatic N) is 2. The van der Waals surface area contributed by atoms with E-state index in [1.54, 1.807) is 18.0 Å². The van der Waals surface area contributed by atoms with Crippen molar-refractivity contribution in [3.8, 4) is 0 Å². The molecular formula is C19H27F2N3OS. The number of pyridine rings is 1. The van der Waals surface area contributed by atoms with E-state index in [9.17, 15) is 8.78 Å². The Balaban J connectivity index is 1.23. The molecule has 3 aliphatic rings. The molecule has 4 rings (SSSR count). The second-order valence-corrected chi connectivity index (χ2v) is 9.36. The number of halogens is 2. The minimum atomic E-state index is -2.88. The molecular weight excluding hydrogens is 356 g/mol. The highest BCUT2D eigenvalue weighted by atomic mass is 32.2. The van der Waals surface area contributed by atoms with Crippen LogP contribution < -0.4 is 5.32 Å². The van der Waals surface area contributed by atoms with Gasteiger partial charge in [-0.05, 0) is 56.7 Å². The van der Waals surface area contributed by atoms with E-state index < -0.39 is 5.92 Å². The minimum Gasteiger partial charge on any atom is -0.381 e. The van der Waals surface area contributed by atoms with E-state index in [2.05, 4.69) is 14.6 Å². The lowest BCUT2D eigenvalue weighted by Crippen LogP contribution is -2.65. The van der Waals surface area contributed by atoms with Gasteiger partial charge in [-0.15, -0.1) is 0 Å². The first-order valence-electron chi connectivity index (χ1n) is 9.46. The lowest BCUT2D eigenvalue weighted by molar-refractivity contribution is -0.0367. The smallest absolute Gasteiger partial charge is 0.286 e. The number of aromatic nitrogens is 1. The monoisotopic (exact) mass is 383 g/mol. The molecule has 0 atom stereocenters. The van der Waals surface area contributed by atoms with Crippen LogP contribution in [-0.4, -0.2) is 47.7 Å². The van der Waals surface area contributed by atoms with Crippen molar-refractivity contribution in [2.75, 3.05) is 26.3 Å². The summed E-state index contributed by atoms with van der Waals surface area (Å²) in [4.78, 5) is 5.06. The molecule has 1 aliphatic carbocycles. The maximum atomic E-state index is 13.4. The molecule has 0 bridgehead atoms. The van der Waals surface area contributed by atoms with Gasteiger partial charge in [0.25, 0.3) is 5.92 Å². The highest BCUT2D eigenvalue weighted by Crippen LogP contribution is 2.51. The summed E-state index contributed by atoms with van der Waals surface area (Å²) < 4.78 is 34.5. The van der Waals surface area contributed by atoms with E-state index in [0.717, 1.165) is 51.0 Å². The molecule has 1 aromatic rings. The first-order valence-corrected chi connectivity index (χ1v) is 10.2. The maximum absolute atomic E-state index is 13.4. The second-order valence-electron chi connectivity index (χ2n) is 8.22. The van der Waals surface area contributed by atoms with Crippen LogP contribution in [0.2, 0.25) is 0 Å². The van der Waals surface area contributed by atoms with Gasteiger partial charge in [0.05, 0.1) is 5.69 Å². The average Bonchev–Trinajstić information content (AvgIpc) is 2.52. The first kappa shape index (κ1) is 18.6. The van der Waals surface area contributed by atoms with E-state index in [1.165, 1.54) is 18.9 Å². The second kappa shape index (κ2) is 7.00. The first-order chi connectivity index (χ1) is 12.3. The van der Waals surface area contributed by atoms with Gasteiger partial charge in [0, 0.05) is 55.6 Å². The molecule has 0 radical (unpaired) electrons. The Morgan fingerprint density at radius 1 is 1.23 bits per heavy atom. The van der Waals surface area contributed by atoms with Crippen molar-refractivity contribution >= 4 is 11.9 Å². The van der Waals surface area contributed by atoms with Gasteiger partial charge in [0.2, 0.25) is 0 Å². The van der Waals surface area contributed by atoms with Crippen LogP contribution in [0.1, 0.15) is 44.0 Å². The van der Waals surface area contributed by atoms with Gasteiger partial charge < -0.3 is 10.1 Å². The lowest BCUT2D eigenvalue weighted by atomic mass is 9.61. The quantitative estimate of drug-likeness (QED) is 0.784. The molecule has 2 aliphatic heterocycles. The third kappa shape index (κ3) is 3.91. The molecule has 144 valence electrons. The number of hydrogen-bond acceptors (Lipinski definition) is 5. The van der Waals surface area contributed by atoms with Crippen LogP contribution in [-0.2, 0) is 10.7 Å². The van der Waals surface area contributed by atoms with Gasteiger partial charge in [-0.25, -0.2) is 4.31 Å². The zero-order valence-electron chi connectivity index (χ0n) is 15.4. The minimum absolute atomic E-state index is 0.152. The molecule has 1 aromatic heterocycles. The van der Waals surface area contributed by atoms with Crippen molar-refractivity contribution in [3.63, 3.8) is 0 Å². The van der Waals surface area contributed by atoms with Crippen LogP contribution in [0.15, 0.2) is 17.0 Å². The summed E-state index contributed by atoms with van der Waals surface area (Å²) in [5, 5.41) is 3.79. The zero-order chi connectivity index (χ0) is 18.4. The van der Waals surface area contributed by atoms with Gasteiger partial charge in [0.1, 0.15) is 5.69 Å². The summed E-state index contributed by atoms with van der Waals surface area (Å²) in [5.74, 6) is -2.88. The number of rotatable bonds is 5. The highest BCUT2D eigenvalue weighted by molar-refractivity contribution is 7.97. The molecule has 1 saturated carbocycles. The van der Waals surface area contributed by atoms with Gasteiger partial charge >= 0.3 is 0 Å². The highest BCUT2D eigenvalue weighted by Gasteiger charge is 2.52. The van der Waals surface area contributed by atoms with E-state index in [-0.39, 0.29) is 5.69 Å². The van der Waals surface area contributed by atoms with Crippen molar-refractivity contribution in [2.24, 2.45) is 5.41 Å². The van der Waals surface area contributed by atoms with Crippen LogP contribution in [0.25, 0.3) is 0 Å². The Kier molecular flexibility index (Phi) is 5.01. The van der Waals surface area contributed by atoms with Crippen LogP contribution in [0.4, 0.5) is 8.78 Å². The van der Waals surface area contributed by atoms with Crippen LogP contribution >= 0.6 is 11.9 Å². The standard InChI is InChI=1S/C19H27F2N3OS/c1-13-16(3-4-17(22-13)18(2,20)21)26-24-11-19(12-24)9-15(10-19)23-14-5-7-25-8-6-14/h3-4,14-15,23H,5-12H2,1-2H3. The van der Waals surface area contributed by atoms with Gasteiger partial charge in [0.15, 0.2) is 0 Å². The molecule has 26 heavy (non-hydrogen) atoms. The zero-order valence-corrected chi connectivity index (χ0v) is 16.2. The Bertz CT molecular complexity index is 647. The number of hydrogen-bond donors (Lipinski definition) is 1. The Morgan fingerprint density at radius 3 is 2.54 bits per heavy atom. The van der Waals surface area contributed by atoms with Gasteiger partial charge in [-0.2, -0.15) is 8.78 Å². The summed E-state index contributed by atoms with van der Waals surface area (Å²) in [6, 6.07) is 4.50. The molecule has 3 fully saturated rings. The van der Waals surface area contributed by atoms with E-state index >= 15 is 0 Å². The molecule has 0 unspecified atom stereocenters. The molecule has 7 heteroatoms. The fraction of sp³-hybridized carbons (Fsp3) is 0.737. The largest absolute Gasteiger partial charge is 0.381 e. The maximum Gasteiger partial charge on any atom is 0.286 e. The van der Waals surface area contributed by atoms with E-state index in [1.807, 2.05) is 6.92 Å². The van der Waals surface area contributed by atoms with E-state index in [4.69, 9.17) is 4.74 Å². The third-order valence-electron chi connectivity index (χ3n) is 5.79. The van der Waals surface area contributed by atoms with Crippen molar-refractivity contribution in [1.29, 1.82) is 0 Å². The average molecular weight is 384 g/mol. The number of alkyl halides is 2. The molecule has 2 saturated heterocycles. The predicted octanol–water partition coefficient (Wildman–Crippen LogP) is 3.74. The molecule has 1 N–H and O–H groups in total. The third-order valence-corrected chi connectivity index (χ3v) is 6.93. The van der Waals surface area contributed by atoms with Crippen LogP contribution in [0.5, 0.6) is 0 Å². The van der Waals surface area contributed by atoms with Crippen LogP contribution in [0.3, 0.4) is 0 Å². The summed E-state index contributed by atoms with van der Waals surface area (Å²) >= 11 is 1.65. The fourth-order valence-electron chi connectivity index (χ4n) is 4.35. The lowest BCUT2D eigenvalue weighted by Gasteiger charge is -2.59. The van der Waals surface area contributed by atoms with Gasteiger partial charge in [-0.1, -0.05) is 0 Å². The predicted molar refractivity (Wildman–Crippen MR) is 98.4 cm³/mol. The number of aryl methyl sites for hydroxylation is 1. The SMILES string of the molecule is Cc1nc(C(C)(F)F)ccc1SN1CC2(CC(NC3CCOCC3)C2)C1. The molecule has 3 heterocycles. The summed E-state index contributed by atoms with van der Waals surface area (Å²) in [5.41, 5.74) is 0.996. The van der Waals surface area contributed by atoms with Crippen LogP contribution in [0, 0.1) is 12.3 Å². The summed E-state index contributed by atoms with van der Waals surface area (Å²) in [7, 11) is 0. The number of nitrogens with one attached hydrogen (secondary N) is 1. The number of ether oxygens (including phenoxy) is 1. The molecule has 0 amide bonds. The van der Waals surface area contributed by atoms with Crippen molar-refractivity contribution < 1.29 is 13.5 Å². The summed E-state index contributed by atoms with van der Waals surface area (Å²) in [6.07, 6.45) is 4.76. The molecule has 1 spiro atoms. The normalized spacial score (nSPS) is 24.5. The summed E-state index contributed by atoms with van der Waals surface area (Å²) in [6.45, 7) is 6.63. The topological polar surface area (TPSA) is 37.4 Å².